The quantitative estimate of drug-likeness (QED) is 0.530. The Hall–Kier alpha value is -1.86. The molecule has 0 bridgehead atoms. The van der Waals surface area contributed by atoms with E-state index in [1.165, 1.54) is 23.1 Å². The molecule has 0 spiro atoms. The van der Waals surface area contributed by atoms with E-state index in [2.05, 4.69) is 0 Å². The van der Waals surface area contributed by atoms with Crippen LogP contribution in [0.5, 0.6) is 11.5 Å². The first kappa shape index (κ1) is 13.6. The average molecular weight is 282 g/mol. The van der Waals surface area contributed by atoms with Gasteiger partial charge in [-0.15, -0.1) is 0 Å². The first-order valence-corrected chi connectivity index (χ1v) is 6.12. The summed E-state index contributed by atoms with van der Waals surface area (Å²) in [4.78, 5) is 13.9. The molecular formula is C12H14N2O4S. The highest BCUT2D eigenvalue weighted by Crippen LogP contribution is 2.24. The van der Waals surface area contributed by atoms with Crippen LogP contribution < -0.4 is 5.73 Å². The van der Waals surface area contributed by atoms with Crippen molar-refractivity contribution in [3.63, 3.8) is 0 Å². The minimum atomic E-state index is -0.479. The van der Waals surface area contributed by atoms with E-state index in [0.29, 0.717) is 13.2 Å². The van der Waals surface area contributed by atoms with Gasteiger partial charge in [-0.2, -0.15) is 0 Å². The van der Waals surface area contributed by atoms with E-state index >= 15 is 0 Å². The number of phenols is 2. The minimum absolute atomic E-state index is 0.0450. The Morgan fingerprint density at radius 1 is 1.47 bits per heavy atom. The van der Waals surface area contributed by atoms with Gasteiger partial charge in [0.1, 0.15) is 22.6 Å². The summed E-state index contributed by atoms with van der Waals surface area (Å²) in [6.07, 6.45) is -0.479. The molecular weight excluding hydrogens is 268 g/mol. The van der Waals surface area contributed by atoms with Gasteiger partial charge in [-0.05, 0) is 18.2 Å². The molecule has 1 saturated heterocycles. The summed E-state index contributed by atoms with van der Waals surface area (Å²) in [7, 11) is 0. The second-order valence-electron chi connectivity index (χ2n) is 4.21. The van der Waals surface area contributed by atoms with Gasteiger partial charge in [0, 0.05) is 6.54 Å². The van der Waals surface area contributed by atoms with E-state index in [1.54, 1.807) is 0 Å². The van der Waals surface area contributed by atoms with Crippen molar-refractivity contribution in [2.24, 2.45) is 5.73 Å². The molecule has 1 aliphatic heterocycles. The number of morpholine rings is 1. The molecule has 0 saturated carbocycles. The van der Waals surface area contributed by atoms with Gasteiger partial charge in [0.2, 0.25) is 0 Å². The van der Waals surface area contributed by atoms with Crippen LogP contribution in [0.2, 0.25) is 0 Å². The molecule has 1 aromatic rings. The molecule has 4 N–H and O–H groups in total. The lowest BCUT2D eigenvalue weighted by Gasteiger charge is -2.32. The Bertz CT molecular complexity index is 520. The average Bonchev–Trinajstić information content (AvgIpc) is 2.41. The van der Waals surface area contributed by atoms with Crippen LogP contribution in [-0.4, -0.2) is 51.8 Å². The molecule has 1 aromatic carbocycles. The van der Waals surface area contributed by atoms with Gasteiger partial charge in [0.25, 0.3) is 5.91 Å². The first-order chi connectivity index (χ1) is 8.99. The smallest absolute Gasteiger partial charge is 0.257 e. The molecule has 1 amide bonds. The number of nitrogens with zero attached hydrogens (tertiary/aromatic N) is 1. The third kappa shape index (κ3) is 2.94. The van der Waals surface area contributed by atoms with Crippen LogP contribution in [0.25, 0.3) is 0 Å². The normalized spacial score (nSPS) is 19.2. The number of rotatable bonds is 2. The third-order valence-corrected chi connectivity index (χ3v) is 3.14. The maximum atomic E-state index is 12.3. The zero-order valence-electron chi connectivity index (χ0n) is 10.1. The predicted octanol–water partition coefficient (Wildman–Crippen LogP) is 0.225. The fraction of sp³-hybridized carbons (Fsp3) is 0.333. The summed E-state index contributed by atoms with van der Waals surface area (Å²) in [6.45, 7) is 0.948. The first-order valence-electron chi connectivity index (χ1n) is 5.71. The lowest BCUT2D eigenvalue weighted by atomic mass is 10.1. The Labute approximate surface area is 115 Å². The van der Waals surface area contributed by atoms with Crippen molar-refractivity contribution in [1.82, 2.24) is 4.90 Å². The van der Waals surface area contributed by atoms with Crippen molar-refractivity contribution in [1.29, 1.82) is 0 Å². The summed E-state index contributed by atoms with van der Waals surface area (Å²) in [5, 5.41) is 19.0. The molecule has 6 nitrogen and oxygen atoms in total. The van der Waals surface area contributed by atoms with Crippen molar-refractivity contribution >= 4 is 23.1 Å². The molecule has 1 heterocycles. The zero-order chi connectivity index (χ0) is 14.0. The monoisotopic (exact) mass is 282 g/mol. The fourth-order valence-corrected chi connectivity index (χ4v) is 2.01. The molecule has 7 heteroatoms. The molecule has 1 fully saturated rings. The van der Waals surface area contributed by atoms with E-state index in [9.17, 15) is 15.0 Å². The van der Waals surface area contributed by atoms with E-state index in [0.717, 1.165) is 0 Å². The van der Waals surface area contributed by atoms with Gasteiger partial charge in [0.15, 0.2) is 0 Å². The number of carbonyl (C=O) groups is 1. The lowest BCUT2D eigenvalue weighted by molar-refractivity contribution is 0.00864. The largest absolute Gasteiger partial charge is 0.508 e. The highest BCUT2D eigenvalue weighted by molar-refractivity contribution is 7.80. The summed E-state index contributed by atoms with van der Waals surface area (Å²) in [6, 6.07) is 3.81. The predicted molar refractivity (Wildman–Crippen MR) is 72.2 cm³/mol. The number of nitrogens with two attached hydrogens (primary N) is 1. The number of amides is 1. The highest BCUT2D eigenvalue weighted by atomic mass is 32.1. The fourth-order valence-electron chi connectivity index (χ4n) is 1.87. The molecule has 1 unspecified atom stereocenters. The van der Waals surface area contributed by atoms with Crippen LogP contribution in [0.4, 0.5) is 0 Å². The SMILES string of the molecule is NC(=S)C1CN(C(=O)c2cc(O)ccc2O)CCO1. The molecule has 0 radical (unpaired) electrons. The maximum absolute atomic E-state index is 12.3. The van der Waals surface area contributed by atoms with Crippen LogP contribution >= 0.6 is 12.2 Å². The topological polar surface area (TPSA) is 96.0 Å². The number of hydrogen-bond donors (Lipinski definition) is 3. The second-order valence-corrected chi connectivity index (χ2v) is 4.69. The van der Waals surface area contributed by atoms with E-state index in [1.807, 2.05) is 0 Å². The molecule has 2 rings (SSSR count). The van der Waals surface area contributed by atoms with Crippen LogP contribution in [0.3, 0.4) is 0 Å². The number of benzene rings is 1. The summed E-state index contributed by atoms with van der Waals surface area (Å²) >= 11 is 4.84. The van der Waals surface area contributed by atoms with Crippen LogP contribution in [0.1, 0.15) is 10.4 Å². The summed E-state index contributed by atoms with van der Waals surface area (Å²) in [5.74, 6) is -0.653. The van der Waals surface area contributed by atoms with Crippen LogP contribution in [0.15, 0.2) is 18.2 Å². The molecule has 0 aromatic heterocycles. The Kier molecular flexibility index (Phi) is 3.87. The second kappa shape index (κ2) is 5.41. The van der Waals surface area contributed by atoms with Crippen LogP contribution in [0, 0.1) is 0 Å². The van der Waals surface area contributed by atoms with Gasteiger partial charge >= 0.3 is 0 Å². The number of carbonyl (C=O) groups excluding carboxylic acids is 1. The van der Waals surface area contributed by atoms with Crippen molar-refractivity contribution in [2.75, 3.05) is 19.7 Å². The number of ether oxygens (including phenoxy) is 1. The molecule has 102 valence electrons. The van der Waals surface area contributed by atoms with Crippen molar-refractivity contribution in [2.45, 2.75) is 6.10 Å². The standard InChI is InChI=1S/C12H14N2O4S/c13-11(19)10-6-14(3-4-18-10)12(17)8-5-7(15)1-2-9(8)16/h1-2,5,10,15-16H,3-4,6H2,(H2,13,19). The van der Waals surface area contributed by atoms with Gasteiger partial charge in [-0.1, -0.05) is 12.2 Å². The maximum Gasteiger partial charge on any atom is 0.257 e. The lowest BCUT2D eigenvalue weighted by Crippen LogP contribution is -2.49. The van der Waals surface area contributed by atoms with E-state index in [4.69, 9.17) is 22.7 Å². The van der Waals surface area contributed by atoms with Gasteiger partial charge in [-0.3, -0.25) is 4.79 Å². The third-order valence-electron chi connectivity index (χ3n) is 2.88. The van der Waals surface area contributed by atoms with Crippen molar-refractivity contribution < 1.29 is 19.7 Å². The van der Waals surface area contributed by atoms with Crippen molar-refractivity contribution in [3.8, 4) is 11.5 Å². The molecule has 1 aliphatic rings. The Balaban J connectivity index is 2.19. The molecule has 0 aliphatic carbocycles. The Morgan fingerprint density at radius 2 is 2.21 bits per heavy atom. The minimum Gasteiger partial charge on any atom is -0.508 e. The number of phenolic OH excluding ortho intramolecular Hbond substituents is 2. The molecule has 19 heavy (non-hydrogen) atoms. The zero-order valence-corrected chi connectivity index (χ0v) is 10.9. The number of aromatic hydroxyl groups is 2. The summed E-state index contributed by atoms with van der Waals surface area (Å²) in [5.41, 5.74) is 5.55. The van der Waals surface area contributed by atoms with E-state index < -0.39 is 12.0 Å². The van der Waals surface area contributed by atoms with Gasteiger partial charge in [-0.25, -0.2) is 0 Å². The van der Waals surface area contributed by atoms with Crippen LogP contribution in [-0.2, 0) is 4.74 Å². The van der Waals surface area contributed by atoms with Gasteiger partial charge < -0.3 is 25.6 Å². The number of hydrogen-bond acceptors (Lipinski definition) is 5. The highest BCUT2D eigenvalue weighted by Gasteiger charge is 2.27. The van der Waals surface area contributed by atoms with Gasteiger partial charge in [0.05, 0.1) is 18.7 Å². The molecule has 1 atom stereocenters. The van der Waals surface area contributed by atoms with Crippen molar-refractivity contribution in [3.05, 3.63) is 23.8 Å². The Morgan fingerprint density at radius 3 is 2.89 bits per heavy atom. The summed E-state index contributed by atoms with van der Waals surface area (Å²) < 4.78 is 5.34. The van der Waals surface area contributed by atoms with E-state index in [-0.39, 0.29) is 28.6 Å². The number of thiocarbonyl (C=S) groups is 1.